The average molecular weight is 1090 g/mol. The molecule has 0 bridgehead atoms. The van der Waals surface area contributed by atoms with E-state index < -0.39 is 30.3 Å². The molecule has 2 unspecified atom stereocenters. The summed E-state index contributed by atoms with van der Waals surface area (Å²) in [7, 11) is 5.93. The Morgan fingerprint density at radius 3 is 1.01 bits per heavy atom. The van der Waals surface area contributed by atoms with Crippen LogP contribution in [-0.2, 0) is 33.3 Å². The second-order valence-electron chi connectivity index (χ2n) is 20.2. The van der Waals surface area contributed by atoms with Crippen LogP contribution in [0, 0.1) is 0 Å². The Labute approximate surface area is 481 Å². The molecule has 0 aliphatic rings. The summed E-state index contributed by atoms with van der Waals surface area (Å²) in [6.45, 7) is 4.54. The lowest BCUT2D eigenvalue weighted by Gasteiger charge is -2.25. The predicted octanol–water partition coefficient (Wildman–Crippen LogP) is 18.1. The van der Waals surface area contributed by atoms with Crippen LogP contribution in [0.4, 0.5) is 0 Å². The van der Waals surface area contributed by atoms with E-state index in [1.54, 1.807) is 0 Å². The van der Waals surface area contributed by atoms with Crippen molar-refractivity contribution in [1.29, 1.82) is 0 Å². The number of carbonyl (C=O) groups is 3. The Balaban J connectivity index is 4.38. The quantitative estimate of drug-likeness (QED) is 0.0211. The molecule has 0 aliphatic carbocycles. The van der Waals surface area contributed by atoms with E-state index in [1.807, 2.05) is 21.1 Å². The van der Waals surface area contributed by atoms with Crippen molar-refractivity contribution in [3.63, 3.8) is 0 Å². The smallest absolute Gasteiger partial charge is 0.361 e. The number of allylic oxidation sites excluding steroid dienone is 30. The van der Waals surface area contributed by atoms with Gasteiger partial charge in [-0.1, -0.05) is 215 Å². The van der Waals surface area contributed by atoms with Crippen molar-refractivity contribution in [2.45, 2.75) is 193 Å². The first-order valence-corrected chi connectivity index (χ1v) is 29.9. The first-order valence-electron chi connectivity index (χ1n) is 29.9. The van der Waals surface area contributed by atoms with Crippen molar-refractivity contribution in [2.75, 3.05) is 47.5 Å². The van der Waals surface area contributed by atoms with Crippen LogP contribution >= 0.6 is 0 Å². The van der Waals surface area contributed by atoms with E-state index >= 15 is 0 Å². The minimum absolute atomic E-state index is 0.165. The summed E-state index contributed by atoms with van der Waals surface area (Å²) in [6, 6.07) is 0. The lowest BCUT2D eigenvalue weighted by molar-refractivity contribution is -0.870. The van der Waals surface area contributed by atoms with Crippen molar-refractivity contribution in [2.24, 2.45) is 0 Å². The van der Waals surface area contributed by atoms with E-state index in [2.05, 4.69) is 196 Å². The standard InChI is InChI=1S/C70H107NO8/c1-6-8-10-12-14-16-18-20-22-24-26-27-28-29-30-31-32-33-34-35-36-37-38-39-40-41-43-45-47-49-51-53-55-57-59-61-68(73)79-66(65-78-70(69(74)75)76-63-62-71(3,4)5)64-77-67(72)60-58-56-54-52-50-48-46-44-42-25-23-21-19-17-15-13-11-9-7-2/h8-11,14-17,20-23,26-27,29-30,32-33,35-36,38-39,41-44,47-50,66,70H,6-7,12-13,18-19,24-25,28,31,34,37,40,45-46,51-65H2,1-5H3/p+1/b10-8-,11-9-,16-14-,17-15-,22-20-,23-21-,27-26-,30-29-,33-32-,36-35-,39-38-,43-41-,44-42-,49-47-,50-48-. The Bertz CT molecular complexity index is 1940. The fourth-order valence-corrected chi connectivity index (χ4v) is 7.12. The SMILES string of the molecule is CC/C=C\C/C=C\C/C=C\C/C=C\C/C=C\C/C=C\C/C=C\C/C=C\C/C=C\C/C=C\CCCCCCC(=O)OC(COC(=O)CCCCC/C=C\C/C=C\C/C=C\C/C=C\C/C=C\CC)COC(OCC[N+](C)(C)C)C(=O)O. The van der Waals surface area contributed by atoms with Gasteiger partial charge in [0.25, 0.3) is 6.29 Å². The Kier molecular flexibility index (Phi) is 54.4. The van der Waals surface area contributed by atoms with Crippen molar-refractivity contribution >= 4 is 17.9 Å². The number of hydrogen-bond donors (Lipinski definition) is 1. The molecule has 79 heavy (non-hydrogen) atoms. The second kappa shape index (κ2) is 58.5. The molecule has 0 fully saturated rings. The van der Waals surface area contributed by atoms with Crippen molar-refractivity contribution in [3.8, 4) is 0 Å². The maximum Gasteiger partial charge on any atom is 0.361 e. The maximum absolute atomic E-state index is 12.9. The molecule has 0 rings (SSSR count). The summed E-state index contributed by atoms with van der Waals surface area (Å²) in [5.41, 5.74) is 0. The number of likely N-dealkylation sites (N-methyl/N-ethyl adjacent to an activating group) is 1. The number of esters is 2. The summed E-state index contributed by atoms with van der Waals surface area (Å²) in [6.07, 6.45) is 86.9. The molecule has 0 saturated heterocycles. The molecule has 0 saturated carbocycles. The number of aliphatic carboxylic acids is 1. The van der Waals surface area contributed by atoms with E-state index in [1.165, 1.54) is 0 Å². The van der Waals surface area contributed by atoms with Gasteiger partial charge in [-0.25, -0.2) is 4.79 Å². The minimum Gasteiger partial charge on any atom is -0.477 e. The number of nitrogens with zero attached hydrogens (tertiary/aromatic N) is 1. The van der Waals surface area contributed by atoms with E-state index in [4.69, 9.17) is 18.9 Å². The Hall–Kier alpha value is -5.61. The molecule has 2 atom stereocenters. The third-order valence-electron chi connectivity index (χ3n) is 11.7. The lowest BCUT2D eigenvalue weighted by Crippen LogP contribution is -2.40. The zero-order chi connectivity index (χ0) is 57.6. The Morgan fingerprint density at radius 2 is 0.684 bits per heavy atom. The number of carboxylic acids is 1. The fraction of sp³-hybridized carbons (Fsp3) is 0.529. The highest BCUT2D eigenvalue weighted by Gasteiger charge is 2.25. The van der Waals surface area contributed by atoms with Crippen LogP contribution in [0.25, 0.3) is 0 Å². The van der Waals surface area contributed by atoms with Crippen LogP contribution in [0.1, 0.15) is 181 Å². The van der Waals surface area contributed by atoms with Crippen LogP contribution in [0.3, 0.4) is 0 Å². The minimum atomic E-state index is -1.54. The number of ether oxygens (including phenoxy) is 4. The molecular weight excluding hydrogens is 983 g/mol. The molecule has 0 radical (unpaired) electrons. The maximum atomic E-state index is 12.9. The van der Waals surface area contributed by atoms with Crippen molar-refractivity contribution < 1.29 is 42.9 Å². The number of quaternary nitrogens is 1. The van der Waals surface area contributed by atoms with Crippen LogP contribution in [0.2, 0.25) is 0 Å². The second-order valence-corrected chi connectivity index (χ2v) is 20.2. The zero-order valence-corrected chi connectivity index (χ0v) is 49.9. The third-order valence-corrected chi connectivity index (χ3v) is 11.7. The van der Waals surface area contributed by atoms with E-state index in [0.29, 0.717) is 23.9 Å². The molecule has 0 aromatic heterocycles. The molecule has 0 spiro atoms. The van der Waals surface area contributed by atoms with Gasteiger partial charge in [-0.2, -0.15) is 0 Å². The van der Waals surface area contributed by atoms with Gasteiger partial charge in [-0.3, -0.25) is 9.59 Å². The summed E-state index contributed by atoms with van der Waals surface area (Å²) in [5.74, 6) is -2.11. The van der Waals surface area contributed by atoms with Crippen LogP contribution in [0.15, 0.2) is 182 Å². The molecule has 0 amide bonds. The van der Waals surface area contributed by atoms with Crippen LogP contribution < -0.4 is 0 Å². The van der Waals surface area contributed by atoms with Gasteiger partial charge >= 0.3 is 17.9 Å². The number of carboxylic acid groups (broad SMARTS) is 1. The van der Waals surface area contributed by atoms with Gasteiger partial charge < -0.3 is 28.5 Å². The van der Waals surface area contributed by atoms with Crippen molar-refractivity contribution in [3.05, 3.63) is 182 Å². The number of unbranched alkanes of at least 4 members (excludes halogenated alkanes) is 7. The molecule has 1 N–H and O–H groups in total. The van der Waals surface area contributed by atoms with Gasteiger partial charge in [0.2, 0.25) is 0 Å². The normalized spacial score (nSPS) is 14.1. The predicted molar refractivity (Wildman–Crippen MR) is 336 cm³/mol. The molecule has 440 valence electrons. The van der Waals surface area contributed by atoms with E-state index in [0.717, 1.165) is 141 Å². The van der Waals surface area contributed by atoms with Gasteiger partial charge in [-0.15, -0.1) is 0 Å². The summed E-state index contributed by atoms with van der Waals surface area (Å²) >= 11 is 0. The molecular formula is C70H108NO8+. The van der Waals surface area contributed by atoms with Gasteiger partial charge in [-0.05, 0) is 135 Å². The van der Waals surface area contributed by atoms with E-state index in [9.17, 15) is 19.5 Å². The number of carbonyl (C=O) groups excluding carboxylic acids is 2. The first-order chi connectivity index (χ1) is 38.6. The van der Waals surface area contributed by atoms with Gasteiger partial charge in [0.05, 0.1) is 34.4 Å². The van der Waals surface area contributed by atoms with Crippen LogP contribution in [0.5, 0.6) is 0 Å². The topological polar surface area (TPSA) is 108 Å². The van der Waals surface area contributed by atoms with Crippen LogP contribution in [-0.4, -0.2) is 87.4 Å². The summed E-state index contributed by atoms with van der Waals surface area (Å²) in [5, 5.41) is 9.70. The highest BCUT2D eigenvalue weighted by atomic mass is 16.7. The number of rotatable bonds is 52. The summed E-state index contributed by atoms with van der Waals surface area (Å²) < 4.78 is 22.8. The van der Waals surface area contributed by atoms with Gasteiger partial charge in [0.1, 0.15) is 13.2 Å². The largest absolute Gasteiger partial charge is 0.477 e. The summed E-state index contributed by atoms with van der Waals surface area (Å²) in [4.78, 5) is 37.4. The molecule has 0 aromatic rings. The molecule has 0 aromatic carbocycles. The monoisotopic (exact) mass is 1090 g/mol. The highest BCUT2D eigenvalue weighted by Crippen LogP contribution is 2.12. The molecule has 0 heterocycles. The highest BCUT2D eigenvalue weighted by molar-refractivity contribution is 5.71. The molecule has 9 nitrogen and oxygen atoms in total. The van der Waals surface area contributed by atoms with Crippen molar-refractivity contribution in [1.82, 2.24) is 0 Å². The fourth-order valence-electron chi connectivity index (χ4n) is 7.12. The zero-order valence-electron chi connectivity index (χ0n) is 49.9. The molecule has 9 heteroatoms. The van der Waals surface area contributed by atoms with Gasteiger partial charge in [0, 0.05) is 12.8 Å². The average Bonchev–Trinajstić information content (AvgIpc) is 3.42. The lowest BCUT2D eigenvalue weighted by atomic mass is 10.1. The third kappa shape index (κ3) is 59.9. The van der Waals surface area contributed by atoms with E-state index in [-0.39, 0.29) is 32.7 Å². The van der Waals surface area contributed by atoms with Gasteiger partial charge in [0.15, 0.2) is 6.10 Å². The number of hydrogen-bond acceptors (Lipinski definition) is 7. The Morgan fingerprint density at radius 1 is 0.380 bits per heavy atom. The molecule has 0 aliphatic heterocycles. The first kappa shape index (κ1) is 73.4.